The number of hydrogen-bond acceptors (Lipinski definition) is 3. The van der Waals surface area contributed by atoms with Gasteiger partial charge in [-0.25, -0.2) is 4.98 Å². The van der Waals surface area contributed by atoms with Crippen LogP contribution in [0.4, 0.5) is 0 Å². The highest BCUT2D eigenvalue weighted by atomic mass is 32.1. The van der Waals surface area contributed by atoms with Crippen LogP contribution in [0.15, 0.2) is 29.6 Å². The second-order valence-electron chi connectivity index (χ2n) is 7.53. The van der Waals surface area contributed by atoms with Gasteiger partial charge in [0.2, 0.25) is 0 Å². The number of carbonyl (C=O) groups excluding carboxylic acids is 1. The number of para-hydroxylation sites is 2. The van der Waals surface area contributed by atoms with Gasteiger partial charge in [0.15, 0.2) is 0 Å². The molecule has 1 amide bonds. The lowest BCUT2D eigenvalue weighted by atomic mass is 9.96. The highest BCUT2D eigenvalue weighted by Crippen LogP contribution is 2.31. The Morgan fingerprint density at radius 1 is 1.30 bits per heavy atom. The number of imidazole rings is 1. The Labute approximate surface area is 164 Å². The van der Waals surface area contributed by atoms with E-state index in [1.807, 2.05) is 16.3 Å². The number of benzene rings is 1. The lowest BCUT2D eigenvalue weighted by molar-refractivity contribution is 0.0703. The van der Waals surface area contributed by atoms with E-state index in [2.05, 4.69) is 43.5 Å². The van der Waals surface area contributed by atoms with Crippen LogP contribution in [-0.4, -0.2) is 33.4 Å². The number of likely N-dealkylation sites (tertiary alicyclic amines) is 1. The van der Waals surface area contributed by atoms with Gasteiger partial charge in [0.05, 0.1) is 16.6 Å². The maximum Gasteiger partial charge on any atom is 0.254 e. The number of carbonyl (C=O) groups is 1. The van der Waals surface area contributed by atoms with Crippen molar-refractivity contribution in [1.29, 1.82) is 0 Å². The van der Waals surface area contributed by atoms with Gasteiger partial charge in [-0.05, 0) is 50.8 Å². The van der Waals surface area contributed by atoms with Crippen LogP contribution in [0.25, 0.3) is 11.0 Å². The van der Waals surface area contributed by atoms with E-state index in [0.717, 1.165) is 61.4 Å². The first kappa shape index (κ1) is 18.2. The van der Waals surface area contributed by atoms with Crippen molar-refractivity contribution in [3.8, 4) is 0 Å². The average molecular weight is 382 g/mol. The lowest BCUT2D eigenvalue weighted by Crippen LogP contribution is -2.39. The molecule has 1 unspecified atom stereocenters. The quantitative estimate of drug-likeness (QED) is 0.627. The molecule has 3 heterocycles. The molecular formula is C22H27N3OS. The third kappa shape index (κ3) is 3.29. The highest BCUT2D eigenvalue weighted by molar-refractivity contribution is 7.10. The fraction of sp³-hybridized carbons (Fsp3) is 0.455. The van der Waals surface area contributed by atoms with Crippen LogP contribution in [0, 0.1) is 13.8 Å². The first-order chi connectivity index (χ1) is 13.1. The summed E-state index contributed by atoms with van der Waals surface area (Å²) in [7, 11) is 0. The third-order valence-corrected chi connectivity index (χ3v) is 6.73. The molecule has 3 aromatic rings. The Hall–Kier alpha value is -2.14. The minimum absolute atomic E-state index is 0.180. The molecule has 27 heavy (non-hydrogen) atoms. The summed E-state index contributed by atoms with van der Waals surface area (Å²) in [5, 5.41) is 2.02. The van der Waals surface area contributed by atoms with E-state index in [-0.39, 0.29) is 5.91 Å². The van der Waals surface area contributed by atoms with Gasteiger partial charge in [-0.15, -0.1) is 11.3 Å². The monoisotopic (exact) mass is 381 g/mol. The number of nitrogens with zero attached hydrogens (tertiary/aromatic N) is 3. The van der Waals surface area contributed by atoms with Crippen LogP contribution in [-0.2, 0) is 6.54 Å². The van der Waals surface area contributed by atoms with Crippen molar-refractivity contribution in [3.63, 3.8) is 0 Å². The number of hydrogen-bond donors (Lipinski definition) is 0. The van der Waals surface area contributed by atoms with Crippen molar-refractivity contribution in [1.82, 2.24) is 14.5 Å². The topological polar surface area (TPSA) is 38.1 Å². The fourth-order valence-corrected chi connectivity index (χ4v) is 4.99. The normalized spacial score (nSPS) is 17.6. The first-order valence-corrected chi connectivity index (χ1v) is 10.8. The summed E-state index contributed by atoms with van der Waals surface area (Å²) >= 11 is 1.67. The molecule has 1 atom stereocenters. The number of aryl methyl sites for hydroxylation is 2. The highest BCUT2D eigenvalue weighted by Gasteiger charge is 2.30. The third-order valence-electron chi connectivity index (χ3n) is 5.72. The largest absolute Gasteiger partial charge is 0.338 e. The Bertz CT molecular complexity index is 971. The molecule has 1 saturated heterocycles. The second kappa shape index (κ2) is 7.47. The molecule has 2 aromatic heterocycles. The van der Waals surface area contributed by atoms with E-state index in [4.69, 9.17) is 4.98 Å². The predicted octanol–water partition coefficient (Wildman–Crippen LogP) is 5.14. The molecule has 5 heteroatoms. The summed E-state index contributed by atoms with van der Waals surface area (Å²) in [4.78, 5) is 21.3. The van der Waals surface area contributed by atoms with Crippen molar-refractivity contribution in [3.05, 3.63) is 51.5 Å². The Kier molecular flexibility index (Phi) is 5.04. The van der Waals surface area contributed by atoms with E-state index in [0.29, 0.717) is 5.92 Å². The van der Waals surface area contributed by atoms with E-state index in [1.54, 1.807) is 11.3 Å². The number of thiophene rings is 1. The minimum Gasteiger partial charge on any atom is -0.338 e. The maximum atomic E-state index is 13.1. The second-order valence-corrected chi connectivity index (χ2v) is 8.62. The molecule has 0 N–H and O–H groups in total. The van der Waals surface area contributed by atoms with Crippen molar-refractivity contribution in [2.75, 3.05) is 13.1 Å². The number of amides is 1. The number of rotatable bonds is 4. The van der Waals surface area contributed by atoms with Crippen molar-refractivity contribution >= 4 is 28.3 Å². The first-order valence-electron chi connectivity index (χ1n) is 9.89. The number of fused-ring (bicyclic) bond motifs is 1. The van der Waals surface area contributed by atoms with Crippen molar-refractivity contribution in [2.45, 2.75) is 52.5 Å². The molecule has 0 aliphatic carbocycles. The lowest BCUT2D eigenvalue weighted by Gasteiger charge is -2.33. The van der Waals surface area contributed by atoms with Crippen LogP contribution in [0.5, 0.6) is 0 Å². The molecule has 0 spiro atoms. The molecular weight excluding hydrogens is 354 g/mol. The van der Waals surface area contributed by atoms with Gasteiger partial charge in [0, 0.05) is 35.8 Å². The van der Waals surface area contributed by atoms with Gasteiger partial charge >= 0.3 is 0 Å². The van der Waals surface area contributed by atoms with Crippen molar-refractivity contribution in [2.24, 2.45) is 0 Å². The molecule has 1 aromatic carbocycles. The van der Waals surface area contributed by atoms with Gasteiger partial charge < -0.3 is 9.47 Å². The molecule has 0 bridgehead atoms. The van der Waals surface area contributed by atoms with Crippen LogP contribution in [0.2, 0.25) is 0 Å². The minimum atomic E-state index is 0.180. The van der Waals surface area contributed by atoms with Gasteiger partial charge in [0.1, 0.15) is 5.82 Å². The smallest absolute Gasteiger partial charge is 0.254 e. The van der Waals surface area contributed by atoms with Gasteiger partial charge in [-0.3, -0.25) is 4.79 Å². The van der Waals surface area contributed by atoms with E-state index < -0.39 is 0 Å². The standard InChI is InChI=1S/C22H27N3OS/c1-4-11-25-20-10-6-5-9-19(20)23-21(25)17-8-7-12-24(13-17)22(26)18-14-27-16(3)15(18)2/h5-6,9-10,14,17H,4,7-8,11-13H2,1-3H3. The molecule has 0 saturated carbocycles. The summed E-state index contributed by atoms with van der Waals surface area (Å²) in [6.45, 7) is 8.93. The summed E-state index contributed by atoms with van der Waals surface area (Å²) in [6.07, 6.45) is 3.21. The molecule has 142 valence electrons. The molecule has 4 nitrogen and oxygen atoms in total. The Balaban J connectivity index is 1.63. The molecule has 1 aliphatic heterocycles. The van der Waals surface area contributed by atoms with Crippen LogP contribution in [0.1, 0.15) is 58.7 Å². The fourth-order valence-electron chi connectivity index (χ4n) is 4.13. The zero-order valence-corrected chi connectivity index (χ0v) is 17.2. The van der Waals surface area contributed by atoms with Gasteiger partial charge in [-0.2, -0.15) is 0 Å². The van der Waals surface area contributed by atoms with E-state index in [9.17, 15) is 4.79 Å². The zero-order chi connectivity index (χ0) is 19.0. The zero-order valence-electron chi connectivity index (χ0n) is 16.4. The Morgan fingerprint density at radius 3 is 2.85 bits per heavy atom. The summed E-state index contributed by atoms with van der Waals surface area (Å²) in [5.74, 6) is 1.63. The number of aromatic nitrogens is 2. The predicted molar refractivity (Wildman–Crippen MR) is 112 cm³/mol. The molecule has 0 radical (unpaired) electrons. The SMILES string of the molecule is CCCn1c(C2CCCN(C(=O)c3csc(C)c3C)C2)nc2ccccc21. The molecule has 1 fully saturated rings. The summed E-state index contributed by atoms with van der Waals surface area (Å²) in [6, 6.07) is 8.38. The van der Waals surface area contributed by atoms with Crippen LogP contribution < -0.4 is 0 Å². The van der Waals surface area contributed by atoms with Crippen LogP contribution in [0.3, 0.4) is 0 Å². The summed E-state index contributed by atoms with van der Waals surface area (Å²) in [5.41, 5.74) is 4.28. The average Bonchev–Trinajstić information content (AvgIpc) is 3.23. The van der Waals surface area contributed by atoms with E-state index >= 15 is 0 Å². The summed E-state index contributed by atoms with van der Waals surface area (Å²) < 4.78 is 2.37. The van der Waals surface area contributed by atoms with Gasteiger partial charge in [0.25, 0.3) is 5.91 Å². The van der Waals surface area contributed by atoms with Crippen molar-refractivity contribution < 1.29 is 4.79 Å². The van der Waals surface area contributed by atoms with E-state index in [1.165, 1.54) is 10.4 Å². The number of piperidine rings is 1. The van der Waals surface area contributed by atoms with Gasteiger partial charge in [-0.1, -0.05) is 19.1 Å². The Morgan fingerprint density at radius 2 is 2.11 bits per heavy atom. The molecule has 4 rings (SSSR count). The van der Waals surface area contributed by atoms with Crippen LogP contribution >= 0.6 is 11.3 Å². The maximum absolute atomic E-state index is 13.1. The molecule has 1 aliphatic rings.